The van der Waals surface area contributed by atoms with E-state index in [0.717, 1.165) is 12.8 Å². The molecular formula is C13H12ClFN2O. The second kappa shape index (κ2) is 3.68. The molecule has 2 aliphatic heterocycles. The smallest absolute Gasteiger partial charge is 0.200 e. The van der Waals surface area contributed by atoms with Crippen molar-refractivity contribution in [2.24, 2.45) is 0 Å². The highest BCUT2D eigenvalue weighted by Crippen LogP contribution is 2.41. The molecule has 2 aliphatic rings. The molecule has 0 saturated carbocycles. The summed E-state index contributed by atoms with van der Waals surface area (Å²) in [5, 5.41) is 3.83. The number of nitrogens with one attached hydrogen (secondary N) is 1. The lowest BCUT2D eigenvalue weighted by Gasteiger charge is -2.15. The molecule has 3 unspecified atom stereocenters. The quantitative estimate of drug-likeness (QED) is 0.861. The van der Waals surface area contributed by atoms with Gasteiger partial charge in [-0.25, -0.2) is 9.37 Å². The third-order valence-electron chi connectivity index (χ3n) is 4.04. The summed E-state index contributed by atoms with van der Waals surface area (Å²) in [6.07, 6.45) is 3.45. The van der Waals surface area contributed by atoms with Crippen LogP contribution < -0.4 is 5.32 Å². The molecule has 0 amide bonds. The molecule has 94 valence electrons. The highest BCUT2D eigenvalue weighted by Gasteiger charge is 2.42. The first-order chi connectivity index (χ1) is 8.70. The second-order valence-electron chi connectivity index (χ2n) is 5.18. The normalized spacial score (nSPS) is 30.4. The summed E-state index contributed by atoms with van der Waals surface area (Å²) in [6.45, 7) is 0. The van der Waals surface area contributed by atoms with Crippen molar-refractivity contribution < 1.29 is 8.81 Å². The van der Waals surface area contributed by atoms with Crippen LogP contribution in [0, 0.1) is 5.82 Å². The minimum absolute atomic E-state index is 0.292. The van der Waals surface area contributed by atoms with E-state index < -0.39 is 0 Å². The number of nitrogens with zero attached hydrogens (tertiary/aromatic N) is 1. The number of hydrogen-bond donors (Lipinski definition) is 1. The second-order valence-corrected chi connectivity index (χ2v) is 5.58. The van der Waals surface area contributed by atoms with E-state index in [1.807, 2.05) is 0 Å². The summed E-state index contributed by atoms with van der Waals surface area (Å²) >= 11 is 5.97. The van der Waals surface area contributed by atoms with Gasteiger partial charge in [-0.15, -0.1) is 0 Å². The van der Waals surface area contributed by atoms with E-state index in [1.54, 1.807) is 0 Å². The van der Waals surface area contributed by atoms with E-state index in [1.165, 1.54) is 18.6 Å². The van der Waals surface area contributed by atoms with Crippen LogP contribution in [0.5, 0.6) is 0 Å². The van der Waals surface area contributed by atoms with Crippen molar-refractivity contribution in [1.82, 2.24) is 10.3 Å². The molecule has 3 nitrogen and oxygen atoms in total. The van der Waals surface area contributed by atoms with Crippen molar-refractivity contribution in [3.8, 4) is 0 Å². The Morgan fingerprint density at radius 1 is 1.39 bits per heavy atom. The highest BCUT2D eigenvalue weighted by atomic mass is 35.5. The van der Waals surface area contributed by atoms with Gasteiger partial charge in [0.2, 0.25) is 0 Å². The van der Waals surface area contributed by atoms with Crippen molar-refractivity contribution in [3.63, 3.8) is 0 Å². The van der Waals surface area contributed by atoms with Crippen molar-refractivity contribution in [2.75, 3.05) is 0 Å². The first-order valence-corrected chi connectivity index (χ1v) is 6.60. The molecule has 0 radical (unpaired) electrons. The summed E-state index contributed by atoms with van der Waals surface area (Å²) in [6, 6.07) is 3.67. The number of oxazole rings is 1. The number of hydrogen-bond acceptors (Lipinski definition) is 3. The molecule has 2 aromatic rings. The lowest BCUT2D eigenvalue weighted by Crippen LogP contribution is -2.21. The largest absolute Gasteiger partial charge is 0.439 e. The fourth-order valence-electron chi connectivity index (χ4n) is 3.23. The Morgan fingerprint density at radius 2 is 2.28 bits per heavy atom. The predicted octanol–water partition coefficient (Wildman–Crippen LogP) is 3.23. The molecule has 0 aliphatic carbocycles. The number of aromatic nitrogens is 1. The van der Waals surface area contributed by atoms with E-state index >= 15 is 0 Å². The van der Waals surface area contributed by atoms with Crippen molar-refractivity contribution in [2.45, 2.75) is 37.3 Å². The van der Waals surface area contributed by atoms with Crippen LogP contribution in [0.1, 0.15) is 31.1 Å². The van der Waals surface area contributed by atoms with E-state index in [0.29, 0.717) is 40.0 Å². The number of fused-ring (bicyclic) bond motifs is 3. The SMILES string of the molecule is Fc1cc(Cl)c2oc(C3CC4CCC3N4)nc2c1. The molecule has 0 spiro atoms. The minimum atomic E-state index is -0.376. The highest BCUT2D eigenvalue weighted by molar-refractivity contribution is 6.34. The molecule has 2 saturated heterocycles. The van der Waals surface area contributed by atoms with Gasteiger partial charge in [0.15, 0.2) is 11.5 Å². The van der Waals surface area contributed by atoms with E-state index in [9.17, 15) is 4.39 Å². The fraction of sp³-hybridized carbons (Fsp3) is 0.462. The predicted molar refractivity (Wildman–Crippen MR) is 66.3 cm³/mol. The van der Waals surface area contributed by atoms with E-state index in [4.69, 9.17) is 16.0 Å². The van der Waals surface area contributed by atoms with Crippen LogP contribution in [-0.2, 0) is 0 Å². The van der Waals surface area contributed by atoms with Gasteiger partial charge in [-0.1, -0.05) is 11.6 Å². The standard InChI is InChI=1S/C13H12ClFN2O/c14-9-3-6(15)4-11-12(9)18-13(17-11)8-5-7-1-2-10(8)16-7/h3-4,7-8,10,16H,1-2,5H2. The first-order valence-electron chi connectivity index (χ1n) is 6.22. The number of rotatable bonds is 1. The van der Waals surface area contributed by atoms with Crippen LogP contribution in [0.25, 0.3) is 11.1 Å². The van der Waals surface area contributed by atoms with Gasteiger partial charge in [0.05, 0.1) is 10.9 Å². The number of halogens is 2. The molecule has 1 aromatic heterocycles. The van der Waals surface area contributed by atoms with Crippen LogP contribution in [0.4, 0.5) is 4.39 Å². The minimum Gasteiger partial charge on any atom is -0.439 e. The lowest BCUT2D eigenvalue weighted by atomic mass is 9.89. The van der Waals surface area contributed by atoms with Gasteiger partial charge in [0, 0.05) is 18.2 Å². The van der Waals surface area contributed by atoms with Crippen molar-refractivity contribution in [3.05, 3.63) is 28.9 Å². The average molecular weight is 267 g/mol. The Labute approximate surface area is 108 Å². The van der Waals surface area contributed by atoms with Gasteiger partial charge >= 0.3 is 0 Å². The summed E-state index contributed by atoms with van der Waals surface area (Å²) in [7, 11) is 0. The zero-order valence-corrected chi connectivity index (χ0v) is 10.4. The molecular weight excluding hydrogens is 255 g/mol. The third-order valence-corrected chi connectivity index (χ3v) is 4.32. The van der Waals surface area contributed by atoms with Crippen molar-refractivity contribution >= 4 is 22.7 Å². The monoisotopic (exact) mass is 266 g/mol. The zero-order chi connectivity index (χ0) is 12.3. The maximum Gasteiger partial charge on any atom is 0.200 e. The van der Waals surface area contributed by atoms with E-state index in [-0.39, 0.29) is 5.82 Å². The molecule has 18 heavy (non-hydrogen) atoms. The molecule has 4 rings (SSSR count). The molecule has 2 bridgehead atoms. The fourth-order valence-corrected chi connectivity index (χ4v) is 3.47. The maximum atomic E-state index is 13.3. The van der Waals surface area contributed by atoms with Gasteiger partial charge in [0.1, 0.15) is 11.3 Å². The molecule has 2 fully saturated rings. The Kier molecular flexibility index (Phi) is 2.20. The Bertz CT molecular complexity index is 627. The summed E-state index contributed by atoms with van der Waals surface area (Å²) < 4.78 is 19.0. The van der Waals surface area contributed by atoms with E-state index in [2.05, 4.69) is 10.3 Å². The first kappa shape index (κ1) is 10.8. The Morgan fingerprint density at radius 3 is 3.00 bits per heavy atom. The number of benzene rings is 1. The van der Waals surface area contributed by atoms with Crippen LogP contribution in [0.3, 0.4) is 0 Å². The molecule has 1 aromatic carbocycles. The summed E-state index contributed by atoms with van der Waals surface area (Å²) in [4.78, 5) is 4.40. The van der Waals surface area contributed by atoms with Gasteiger partial charge in [-0.3, -0.25) is 0 Å². The van der Waals surface area contributed by atoms with Crippen molar-refractivity contribution in [1.29, 1.82) is 0 Å². The van der Waals surface area contributed by atoms with Gasteiger partial charge in [-0.2, -0.15) is 0 Å². The van der Waals surface area contributed by atoms with Gasteiger partial charge < -0.3 is 9.73 Å². The molecule has 3 heterocycles. The lowest BCUT2D eigenvalue weighted by molar-refractivity contribution is 0.408. The van der Waals surface area contributed by atoms with Gasteiger partial charge in [0.25, 0.3) is 0 Å². The van der Waals surface area contributed by atoms with Crippen LogP contribution in [-0.4, -0.2) is 17.1 Å². The zero-order valence-electron chi connectivity index (χ0n) is 9.62. The third kappa shape index (κ3) is 1.49. The molecule has 3 atom stereocenters. The molecule has 1 N–H and O–H groups in total. The van der Waals surface area contributed by atoms with Crippen LogP contribution in [0.15, 0.2) is 16.5 Å². The Balaban J connectivity index is 1.80. The Hall–Kier alpha value is -1.13. The topological polar surface area (TPSA) is 38.1 Å². The van der Waals surface area contributed by atoms with Crippen LogP contribution in [0.2, 0.25) is 5.02 Å². The summed E-state index contributed by atoms with van der Waals surface area (Å²) in [5.74, 6) is 0.617. The van der Waals surface area contributed by atoms with Gasteiger partial charge in [-0.05, 0) is 25.3 Å². The van der Waals surface area contributed by atoms with Crippen LogP contribution >= 0.6 is 11.6 Å². The average Bonchev–Trinajstić information content (AvgIpc) is 3.01. The summed E-state index contributed by atoms with van der Waals surface area (Å²) in [5.41, 5.74) is 1.01. The maximum absolute atomic E-state index is 13.3. The molecule has 5 heteroatoms.